The van der Waals surface area contributed by atoms with Gasteiger partial charge in [-0.2, -0.15) is 0 Å². The van der Waals surface area contributed by atoms with Gasteiger partial charge in [-0.1, -0.05) is 6.07 Å². The third-order valence-corrected chi connectivity index (χ3v) is 4.03. The summed E-state index contributed by atoms with van der Waals surface area (Å²) in [4.78, 5) is 0. The third kappa shape index (κ3) is 3.58. The zero-order valence-electron chi connectivity index (χ0n) is 13.4. The minimum absolute atomic E-state index is 0.251. The summed E-state index contributed by atoms with van der Waals surface area (Å²) in [7, 11) is 1.18. The number of methoxy groups -OCH3 is 1. The summed E-state index contributed by atoms with van der Waals surface area (Å²) in [6.45, 7) is 8.81. The van der Waals surface area contributed by atoms with E-state index in [1.54, 1.807) is 7.11 Å². The van der Waals surface area contributed by atoms with E-state index in [9.17, 15) is 0 Å². The second-order valence-corrected chi connectivity index (χ2v) is 6.35. The molecule has 1 aromatic rings. The molecule has 0 radical (unpaired) electrons. The quantitative estimate of drug-likeness (QED) is 0.387. The molecule has 1 aromatic carbocycles. The average Bonchev–Trinajstić information content (AvgIpc) is 2.58. The number of hydrogen-bond donors (Lipinski definition) is 1. The number of ether oxygens (including phenoxy) is 2. The van der Waals surface area contributed by atoms with Gasteiger partial charge in [0.2, 0.25) is 0 Å². The predicted molar refractivity (Wildman–Crippen MR) is 83.2 cm³/mol. The second-order valence-electron chi connectivity index (χ2n) is 6.35. The lowest BCUT2D eigenvalue weighted by Crippen LogP contribution is -2.41. The molecule has 1 saturated heterocycles. The summed E-state index contributed by atoms with van der Waals surface area (Å²) >= 11 is 0. The van der Waals surface area contributed by atoms with E-state index in [-0.39, 0.29) is 18.0 Å². The molecule has 1 fully saturated rings. The molecule has 0 bridgehead atoms. The molecule has 0 atom stereocenters. The molecule has 1 heterocycles. The lowest BCUT2D eigenvalue weighted by molar-refractivity contribution is -0.0390. The highest BCUT2D eigenvalue weighted by Crippen LogP contribution is 2.36. The Morgan fingerprint density at radius 3 is 2.29 bits per heavy atom. The van der Waals surface area contributed by atoms with Crippen LogP contribution in [0.15, 0.2) is 18.2 Å². The van der Waals surface area contributed by atoms with Crippen molar-refractivity contribution in [1.82, 2.24) is 0 Å². The Morgan fingerprint density at radius 2 is 1.71 bits per heavy atom. The maximum Gasteiger partial charge on any atom is 0.494 e. The minimum Gasteiger partial charge on any atom is -0.399 e. The molecule has 5 nitrogen and oxygen atoms in total. The molecule has 0 saturated carbocycles. The lowest BCUT2D eigenvalue weighted by Gasteiger charge is -2.32. The lowest BCUT2D eigenvalue weighted by atomic mass is 9.78. The van der Waals surface area contributed by atoms with Crippen LogP contribution >= 0.6 is 0 Å². The molecule has 116 valence electrons. The molecule has 21 heavy (non-hydrogen) atoms. The molecule has 0 unspecified atom stereocenters. The van der Waals surface area contributed by atoms with Gasteiger partial charge in [0.05, 0.1) is 17.8 Å². The van der Waals surface area contributed by atoms with E-state index < -0.39 is 7.12 Å². The van der Waals surface area contributed by atoms with Crippen molar-refractivity contribution in [1.29, 1.82) is 0 Å². The molecular weight excluding hydrogens is 269 g/mol. The number of nitrogen functional groups attached to an aromatic ring is 1. The Kier molecular flexibility index (Phi) is 4.63. The Bertz CT molecular complexity index is 488. The van der Waals surface area contributed by atoms with Gasteiger partial charge in [0.25, 0.3) is 0 Å². The number of nitrogens with two attached hydrogens (primary N) is 1. The Balaban J connectivity index is 2.17. The van der Waals surface area contributed by atoms with Gasteiger partial charge >= 0.3 is 7.12 Å². The van der Waals surface area contributed by atoms with Crippen molar-refractivity contribution in [2.75, 3.05) is 19.6 Å². The molecule has 0 amide bonds. The maximum absolute atomic E-state index is 6.04. The van der Waals surface area contributed by atoms with Gasteiger partial charge in [-0.15, -0.1) is 0 Å². The van der Waals surface area contributed by atoms with Gasteiger partial charge in [-0.3, -0.25) is 0 Å². The van der Waals surface area contributed by atoms with Crippen LogP contribution < -0.4 is 11.2 Å². The monoisotopic (exact) mass is 293 g/mol. The SMILES string of the molecule is COCOCc1cc(N)cc(B2OC(C)(C)C(C)(C)O2)c1. The van der Waals surface area contributed by atoms with E-state index in [1.807, 2.05) is 45.9 Å². The highest BCUT2D eigenvalue weighted by molar-refractivity contribution is 6.62. The van der Waals surface area contributed by atoms with Crippen LogP contribution in [-0.4, -0.2) is 32.2 Å². The molecule has 0 aromatic heterocycles. The first-order valence-corrected chi connectivity index (χ1v) is 7.07. The van der Waals surface area contributed by atoms with Crippen LogP contribution in [0.5, 0.6) is 0 Å². The average molecular weight is 293 g/mol. The van der Waals surface area contributed by atoms with E-state index in [4.69, 9.17) is 24.5 Å². The van der Waals surface area contributed by atoms with E-state index in [1.165, 1.54) is 0 Å². The van der Waals surface area contributed by atoms with Crippen molar-refractivity contribution in [2.24, 2.45) is 0 Å². The topological polar surface area (TPSA) is 62.9 Å². The van der Waals surface area contributed by atoms with Gasteiger partial charge in [-0.25, -0.2) is 0 Å². The highest BCUT2D eigenvalue weighted by atomic mass is 16.7. The van der Waals surface area contributed by atoms with Crippen molar-refractivity contribution in [3.63, 3.8) is 0 Å². The van der Waals surface area contributed by atoms with Crippen LogP contribution in [-0.2, 0) is 25.4 Å². The van der Waals surface area contributed by atoms with Crippen LogP contribution in [0.3, 0.4) is 0 Å². The van der Waals surface area contributed by atoms with Gasteiger partial charge in [0.15, 0.2) is 0 Å². The van der Waals surface area contributed by atoms with Crippen LogP contribution in [0, 0.1) is 0 Å². The fourth-order valence-corrected chi connectivity index (χ4v) is 2.19. The summed E-state index contributed by atoms with van der Waals surface area (Å²) < 4.78 is 22.3. The second kappa shape index (κ2) is 5.97. The summed E-state index contributed by atoms with van der Waals surface area (Å²) in [5, 5.41) is 0. The largest absolute Gasteiger partial charge is 0.494 e. The summed E-state index contributed by atoms with van der Waals surface area (Å²) in [6.07, 6.45) is 0. The van der Waals surface area contributed by atoms with E-state index in [0.717, 1.165) is 11.0 Å². The minimum atomic E-state index is -0.417. The van der Waals surface area contributed by atoms with Crippen LogP contribution in [0.1, 0.15) is 33.3 Å². The molecule has 0 aliphatic carbocycles. The fourth-order valence-electron chi connectivity index (χ4n) is 2.19. The molecular formula is C15H24BNO4. The standard InChI is InChI=1S/C15H24BNO4/c1-14(2)15(3,4)21-16(20-14)12-6-11(7-13(17)8-12)9-19-10-18-5/h6-8H,9-10,17H2,1-5H3. The predicted octanol–water partition coefficient (Wildman–Crippen LogP) is 1.69. The maximum atomic E-state index is 6.04. The first-order valence-electron chi connectivity index (χ1n) is 7.07. The first-order chi connectivity index (χ1) is 9.75. The number of hydrogen-bond acceptors (Lipinski definition) is 5. The first kappa shape index (κ1) is 16.3. The van der Waals surface area contributed by atoms with Crippen LogP contribution in [0.25, 0.3) is 0 Å². The normalized spacial score (nSPS) is 20.0. The van der Waals surface area contributed by atoms with Crippen molar-refractivity contribution < 1.29 is 18.8 Å². The number of rotatable bonds is 5. The molecule has 2 N–H and O–H groups in total. The highest BCUT2D eigenvalue weighted by Gasteiger charge is 2.51. The van der Waals surface area contributed by atoms with Gasteiger partial charge in [-0.05, 0) is 50.9 Å². The molecule has 1 aliphatic heterocycles. The van der Waals surface area contributed by atoms with Crippen molar-refractivity contribution >= 4 is 18.3 Å². The molecule has 2 rings (SSSR count). The Morgan fingerprint density at radius 1 is 1.10 bits per heavy atom. The number of anilines is 1. The molecule has 6 heteroatoms. The van der Waals surface area contributed by atoms with Gasteiger partial charge in [0, 0.05) is 12.8 Å². The van der Waals surface area contributed by atoms with E-state index in [0.29, 0.717) is 12.3 Å². The van der Waals surface area contributed by atoms with Gasteiger partial charge in [0.1, 0.15) is 6.79 Å². The zero-order chi connectivity index (χ0) is 15.7. The summed E-state index contributed by atoms with van der Waals surface area (Å²) in [6, 6.07) is 5.75. The summed E-state index contributed by atoms with van der Waals surface area (Å²) in [5.74, 6) is 0. The van der Waals surface area contributed by atoms with Crippen molar-refractivity contribution in [3.05, 3.63) is 23.8 Å². The smallest absolute Gasteiger partial charge is 0.399 e. The van der Waals surface area contributed by atoms with Crippen LogP contribution in [0.4, 0.5) is 5.69 Å². The Hall–Kier alpha value is -1.08. The third-order valence-electron chi connectivity index (χ3n) is 4.03. The van der Waals surface area contributed by atoms with Crippen molar-refractivity contribution in [3.8, 4) is 0 Å². The fraction of sp³-hybridized carbons (Fsp3) is 0.600. The molecule has 1 aliphatic rings. The Labute approximate surface area is 126 Å². The van der Waals surface area contributed by atoms with E-state index >= 15 is 0 Å². The van der Waals surface area contributed by atoms with E-state index in [2.05, 4.69) is 0 Å². The number of benzene rings is 1. The zero-order valence-corrected chi connectivity index (χ0v) is 13.4. The van der Waals surface area contributed by atoms with Crippen molar-refractivity contribution in [2.45, 2.75) is 45.5 Å². The summed E-state index contributed by atoms with van der Waals surface area (Å²) in [5.41, 5.74) is 7.78. The van der Waals surface area contributed by atoms with Crippen LogP contribution in [0.2, 0.25) is 0 Å². The van der Waals surface area contributed by atoms with Gasteiger partial charge < -0.3 is 24.5 Å². The molecule has 0 spiro atoms.